The molecule has 1 aliphatic heterocycles. The Morgan fingerprint density at radius 3 is 2.50 bits per heavy atom. The molecule has 2 heterocycles. The molecule has 1 N–H and O–H groups in total. The zero-order valence-corrected chi connectivity index (χ0v) is 21.2. The van der Waals surface area contributed by atoms with Gasteiger partial charge in [0.1, 0.15) is 5.82 Å². The van der Waals surface area contributed by atoms with Gasteiger partial charge in [-0.15, -0.1) is 0 Å². The Bertz CT molecular complexity index is 850. The number of carbonyl (C=O) groups excluding carboxylic acids is 1. The van der Waals surface area contributed by atoms with Crippen LogP contribution in [-0.4, -0.2) is 59.4 Å². The maximum absolute atomic E-state index is 12.2. The standard InChI is InChI=1S/C25H39N5OS/c1-19-6-8-21(9-7-19)17-22-27-24(32-28-22)30-14-12-29(13-15-30)11-10-26-23(31)16-20(2)18-25(3,4)5/h6-9,20H,10-18H2,1-5H3,(H,26,31). The first-order valence-electron chi connectivity index (χ1n) is 11.8. The molecule has 1 aliphatic rings. The van der Waals surface area contributed by atoms with Crippen molar-refractivity contribution in [3.63, 3.8) is 0 Å². The molecule has 1 fully saturated rings. The van der Waals surface area contributed by atoms with Crippen molar-refractivity contribution in [1.29, 1.82) is 0 Å². The van der Waals surface area contributed by atoms with Crippen molar-refractivity contribution < 1.29 is 4.79 Å². The second-order valence-electron chi connectivity index (χ2n) is 10.4. The van der Waals surface area contributed by atoms with Gasteiger partial charge >= 0.3 is 0 Å². The molecule has 1 unspecified atom stereocenters. The van der Waals surface area contributed by atoms with Gasteiger partial charge in [0.05, 0.1) is 0 Å². The van der Waals surface area contributed by atoms with Gasteiger partial charge in [0.15, 0.2) is 0 Å². The van der Waals surface area contributed by atoms with E-state index in [2.05, 4.69) is 78.4 Å². The van der Waals surface area contributed by atoms with E-state index in [1.54, 1.807) is 0 Å². The number of piperazine rings is 1. The van der Waals surface area contributed by atoms with E-state index in [1.807, 2.05) is 0 Å². The molecule has 176 valence electrons. The van der Waals surface area contributed by atoms with E-state index < -0.39 is 0 Å². The van der Waals surface area contributed by atoms with Gasteiger partial charge in [0.25, 0.3) is 0 Å². The van der Waals surface area contributed by atoms with Gasteiger partial charge in [-0.05, 0) is 30.2 Å². The van der Waals surface area contributed by atoms with E-state index in [9.17, 15) is 4.79 Å². The number of benzene rings is 1. The molecule has 0 saturated carbocycles. The summed E-state index contributed by atoms with van der Waals surface area (Å²) >= 11 is 1.50. The van der Waals surface area contributed by atoms with Crippen LogP contribution in [0.15, 0.2) is 24.3 Å². The minimum Gasteiger partial charge on any atom is -0.355 e. The van der Waals surface area contributed by atoms with Crippen molar-refractivity contribution in [3.05, 3.63) is 41.2 Å². The molecule has 6 nitrogen and oxygen atoms in total. The summed E-state index contributed by atoms with van der Waals surface area (Å²) in [4.78, 5) is 21.7. The van der Waals surface area contributed by atoms with E-state index in [0.717, 1.165) is 63.1 Å². The molecule has 0 bridgehead atoms. The molecule has 7 heteroatoms. The minimum absolute atomic E-state index is 0.176. The van der Waals surface area contributed by atoms with Crippen LogP contribution in [0.2, 0.25) is 0 Å². The van der Waals surface area contributed by atoms with Crippen LogP contribution in [0.1, 0.15) is 57.5 Å². The highest BCUT2D eigenvalue weighted by molar-refractivity contribution is 7.09. The number of nitrogens with zero attached hydrogens (tertiary/aromatic N) is 4. The van der Waals surface area contributed by atoms with Crippen LogP contribution in [0.5, 0.6) is 0 Å². The van der Waals surface area contributed by atoms with E-state index in [-0.39, 0.29) is 11.3 Å². The summed E-state index contributed by atoms with van der Waals surface area (Å²) in [6, 6.07) is 8.57. The monoisotopic (exact) mass is 457 g/mol. The third-order valence-electron chi connectivity index (χ3n) is 5.83. The van der Waals surface area contributed by atoms with E-state index >= 15 is 0 Å². The summed E-state index contributed by atoms with van der Waals surface area (Å²) in [6.07, 6.45) is 2.47. The predicted molar refractivity (Wildman–Crippen MR) is 133 cm³/mol. The van der Waals surface area contributed by atoms with E-state index in [1.165, 1.54) is 22.7 Å². The van der Waals surface area contributed by atoms with Gasteiger partial charge in [-0.3, -0.25) is 9.69 Å². The van der Waals surface area contributed by atoms with Gasteiger partial charge in [-0.1, -0.05) is 57.5 Å². The second kappa shape index (κ2) is 11.2. The Kier molecular flexibility index (Phi) is 8.65. The molecule has 0 aliphatic carbocycles. The lowest BCUT2D eigenvalue weighted by Crippen LogP contribution is -2.48. The average molecular weight is 458 g/mol. The largest absolute Gasteiger partial charge is 0.355 e. The third-order valence-corrected chi connectivity index (χ3v) is 6.64. The molecule has 0 spiro atoms. The summed E-state index contributed by atoms with van der Waals surface area (Å²) in [5.41, 5.74) is 2.79. The highest BCUT2D eigenvalue weighted by Gasteiger charge is 2.21. The number of aromatic nitrogens is 2. The molecule has 1 aromatic carbocycles. The van der Waals surface area contributed by atoms with Gasteiger partial charge < -0.3 is 10.2 Å². The Morgan fingerprint density at radius 2 is 1.84 bits per heavy atom. The van der Waals surface area contributed by atoms with Gasteiger partial charge in [-0.25, -0.2) is 4.98 Å². The predicted octanol–water partition coefficient (Wildman–Crippen LogP) is 4.14. The fourth-order valence-corrected chi connectivity index (χ4v) is 5.09. The van der Waals surface area contributed by atoms with Crippen molar-refractivity contribution in [2.45, 2.75) is 53.9 Å². The van der Waals surface area contributed by atoms with Crippen molar-refractivity contribution in [2.75, 3.05) is 44.2 Å². The molecular weight excluding hydrogens is 418 g/mol. The first-order chi connectivity index (χ1) is 15.2. The highest BCUT2D eigenvalue weighted by Crippen LogP contribution is 2.25. The van der Waals surface area contributed by atoms with Crippen LogP contribution in [0.4, 0.5) is 5.13 Å². The van der Waals surface area contributed by atoms with E-state index in [4.69, 9.17) is 4.98 Å². The van der Waals surface area contributed by atoms with Crippen LogP contribution < -0.4 is 10.2 Å². The van der Waals surface area contributed by atoms with Crippen LogP contribution in [0.25, 0.3) is 0 Å². The fourth-order valence-electron chi connectivity index (χ4n) is 4.36. The average Bonchev–Trinajstić information content (AvgIpc) is 3.17. The molecule has 1 saturated heterocycles. The van der Waals surface area contributed by atoms with Crippen molar-refractivity contribution in [2.24, 2.45) is 11.3 Å². The third kappa shape index (κ3) is 8.17. The molecule has 1 amide bonds. The molecule has 1 atom stereocenters. The number of amides is 1. The lowest BCUT2D eigenvalue weighted by molar-refractivity contribution is -0.122. The summed E-state index contributed by atoms with van der Waals surface area (Å²) in [5, 5.41) is 4.13. The lowest BCUT2D eigenvalue weighted by atomic mass is 9.84. The number of hydrogen-bond acceptors (Lipinski definition) is 6. The molecule has 32 heavy (non-hydrogen) atoms. The summed E-state index contributed by atoms with van der Waals surface area (Å²) in [7, 11) is 0. The Hall–Kier alpha value is -1.99. The zero-order valence-electron chi connectivity index (χ0n) is 20.4. The minimum atomic E-state index is 0.176. The maximum Gasteiger partial charge on any atom is 0.220 e. The topological polar surface area (TPSA) is 61.4 Å². The van der Waals surface area contributed by atoms with Gasteiger partial charge in [0.2, 0.25) is 11.0 Å². The highest BCUT2D eigenvalue weighted by atomic mass is 32.1. The van der Waals surface area contributed by atoms with Gasteiger partial charge in [0, 0.05) is 63.6 Å². The number of aryl methyl sites for hydroxylation is 1. The SMILES string of the molecule is Cc1ccc(Cc2nsc(N3CCN(CCNC(=O)CC(C)CC(C)(C)C)CC3)n2)cc1. The first-order valence-corrected chi connectivity index (χ1v) is 12.6. The zero-order chi connectivity index (χ0) is 23.1. The number of rotatable bonds is 9. The summed E-state index contributed by atoms with van der Waals surface area (Å²) < 4.78 is 4.57. The summed E-state index contributed by atoms with van der Waals surface area (Å²) in [6.45, 7) is 16.5. The molecule has 2 aromatic rings. The normalized spacial score (nSPS) is 16.2. The maximum atomic E-state index is 12.2. The van der Waals surface area contributed by atoms with Crippen molar-refractivity contribution >= 4 is 22.6 Å². The molecular formula is C25H39N5OS. The number of carbonyl (C=O) groups is 1. The molecule has 1 aromatic heterocycles. The van der Waals surface area contributed by atoms with Gasteiger partial charge in [-0.2, -0.15) is 4.37 Å². The Morgan fingerprint density at radius 1 is 1.16 bits per heavy atom. The van der Waals surface area contributed by atoms with Crippen LogP contribution in [0.3, 0.4) is 0 Å². The Labute approximate surface area is 197 Å². The summed E-state index contributed by atoms with van der Waals surface area (Å²) in [5.74, 6) is 1.50. The van der Waals surface area contributed by atoms with Crippen molar-refractivity contribution in [1.82, 2.24) is 19.6 Å². The van der Waals surface area contributed by atoms with E-state index in [0.29, 0.717) is 12.3 Å². The fraction of sp³-hybridized carbons (Fsp3) is 0.640. The van der Waals surface area contributed by atoms with Crippen LogP contribution in [0, 0.1) is 18.3 Å². The second-order valence-corrected chi connectivity index (χ2v) is 11.1. The molecule has 3 rings (SSSR count). The van der Waals surface area contributed by atoms with Crippen LogP contribution >= 0.6 is 11.5 Å². The van der Waals surface area contributed by atoms with Crippen molar-refractivity contribution in [3.8, 4) is 0 Å². The quantitative estimate of drug-likeness (QED) is 0.613. The first kappa shape index (κ1) is 24.6. The number of hydrogen-bond donors (Lipinski definition) is 1. The lowest BCUT2D eigenvalue weighted by Gasteiger charge is -2.34. The molecule has 0 radical (unpaired) electrons. The smallest absolute Gasteiger partial charge is 0.220 e. The Balaban J connectivity index is 1.35. The number of nitrogens with one attached hydrogen (secondary N) is 1. The number of anilines is 1. The van der Waals surface area contributed by atoms with Crippen LogP contribution in [-0.2, 0) is 11.2 Å².